The smallest absolute Gasteiger partial charge is 0.247 e. The van der Waals surface area contributed by atoms with E-state index < -0.39 is 11.7 Å². The van der Waals surface area contributed by atoms with Crippen LogP contribution in [0.15, 0.2) is 0 Å². The maximum absolute atomic E-state index is 12.1. The quantitative estimate of drug-likeness (QED) is 0.440. The van der Waals surface area contributed by atoms with Crippen molar-refractivity contribution in [3.05, 3.63) is 0 Å². The maximum atomic E-state index is 12.1. The molecular formula is C4H7ClF3N. The topological polar surface area (TPSA) is 3.24 Å². The van der Waals surface area contributed by atoms with Gasteiger partial charge in [0.1, 0.15) is 0 Å². The van der Waals surface area contributed by atoms with Crippen LogP contribution in [0.5, 0.6) is 0 Å². The average molecular weight is 162 g/mol. The van der Waals surface area contributed by atoms with E-state index in [1.165, 1.54) is 0 Å². The van der Waals surface area contributed by atoms with Crippen molar-refractivity contribution >= 4 is 11.6 Å². The van der Waals surface area contributed by atoms with Crippen molar-refractivity contribution in [3.8, 4) is 0 Å². The van der Waals surface area contributed by atoms with Gasteiger partial charge in [-0.15, -0.1) is 0 Å². The fraction of sp³-hybridized carbons (Fsp3) is 1.00. The van der Waals surface area contributed by atoms with E-state index in [0.29, 0.717) is 4.90 Å². The van der Waals surface area contributed by atoms with Gasteiger partial charge in [-0.25, -0.2) is 9.29 Å². The van der Waals surface area contributed by atoms with Gasteiger partial charge in [-0.2, -0.15) is 8.78 Å². The zero-order chi connectivity index (χ0) is 7.65. The summed E-state index contributed by atoms with van der Waals surface area (Å²) in [6.45, 7) is 0. The second kappa shape index (κ2) is 2.75. The highest BCUT2D eigenvalue weighted by Crippen LogP contribution is 2.25. The fourth-order valence-electron chi connectivity index (χ4n) is 0.195. The molecule has 0 aromatic carbocycles. The largest absolute Gasteiger partial charge is 0.349 e. The standard InChI is InChI=1S/C4H7ClF3N/c1-9(2)4(7,8)3(5)6/h3H,1-2H3/t3-/m1/s1. The maximum Gasteiger partial charge on any atom is 0.349 e. The van der Waals surface area contributed by atoms with Crippen molar-refractivity contribution in [1.29, 1.82) is 0 Å². The van der Waals surface area contributed by atoms with Crippen LogP contribution in [0.2, 0.25) is 0 Å². The van der Waals surface area contributed by atoms with E-state index in [-0.39, 0.29) is 0 Å². The minimum atomic E-state index is -3.57. The number of halogens is 4. The minimum absolute atomic E-state index is 0.421. The lowest BCUT2D eigenvalue weighted by Gasteiger charge is -2.22. The Labute approximate surface area is 56.4 Å². The molecule has 0 aliphatic heterocycles. The van der Waals surface area contributed by atoms with Crippen molar-refractivity contribution in [2.75, 3.05) is 14.1 Å². The summed E-state index contributed by atoms with van der Waals surface area (Å²) in [5.74, 6) is 0. The van der Waals surface area contributed by atoms with E-state index in [0.717, 1.165) is 14.1 Å². The number of hydrogen-bond acceptors (Lipinski definition) is 1. The zero-order valence-electron chi connectivity index (χ0n) is 5.04. The van der Waals surface area contributed by atoms with Crippen molar-refractivity contribution < 1.29 is 13.2 Å². The van der Waals surface area contributed by atoms with Gasteiger partial charge in [-0.3, -0.25) is 0 Å². The summed E-state index contributed by atoms with van der Waals surface area (Å²) in [6, 6.07) is -3.57. The molecule has 1 atom stereocenters. The second-order valence-electron chi connectivity index (χ2n) is 1.78. The Hall–Kier alpha value is 0.0400. The highest BCUT2D eigenvalue weighted by atomic mass is 35.5. The van der Waals surface area contributed by atoms with Gasteiger partial charge in [0, 0.05) is 0 Å². The minimum Gasteiger partial charge on any atom is -0.247 e. The van der Waals surface area contributed by atoms with E-state index >= 15 is 0 Å². The molecule has 0 rings (SSSR count). The fourth-order valence-corrected chi connectivity index (χ4v) is 0.390. The van der Waals surface area contributed by atoms with Crippen LogP contribution in [0, 0.1) is 0 Å². The van der Waals surface area contributed by atoms with Crippen molar-refractivity contribution in [1.82, 2.24) is 4.90 Å². The lowest BCUT2D eigenvalue weighted by molar-refractivity contribution is -0.148. The molecule has 0 aliphatic carbocycles. The Morgan fingerprint density at radius 2 is 1.78 bits per heavy atom. The number of nitrogens with zero attached hydrogens (tertiary/aromatic N) is 1. The van der Waals surface area contributed by atoms with Gasteiger partial charge in [-0.1, -0.05) is 11.6 Å². The lowest BCUT2D eigenvalue weighted by atomic mass is 10.5. The molecule has 0 aliphatic rings. The zero-order valence-corrected chi connectivity index (χ0v) is 5.79. The summed E-state index contributed by atoms with van der Waals surface area (Å²) in [4.78, 5) is 0.421. The van der Waals surface area contributed by atoms with Gasteiger partial charge < -0.3 is 0 Å². The Bertz CT molecular complexity index is 83.8. The van der Waals surface area contributed by atoms with Crippen LogP contribution in [-0.4, -0.2) is 30.7 Å². The van der Waals surface area contributed by atoms with E-state index in [1.54, 1.807) is 0 Å². The Morgan fingerprint density at radius 3 is 1.78 bits per heavy atom. The normalized spacial score (nSPS) is 16.3. The van der Waals surface area contributed by atoms with Gasteiger partial charge in [0.05, 0.1) is 0 Å². The molecule has 5 heteroatoms. The summed E-state index contributed by atoms with van der Waals surface area (Å²) in [7, 11) is 2.10. The van der Waals surface area contributed by atoms with Gasteiger partial charge in [0.15, 0.2) is 0 Å². The molecule has 9 heavy (non-hydrogen) atoms. The highest BCUT2D eigenvalue weighted by molar-refractivity contribution is 6.20. The molecule has 0 bridgehead atoms. The van der Waals surface area contributed by atoms with Gasteiger partial charge >= 0.3 is 6.05 Å². The van der Waals surface area contributed by atoms with Crippen LogP contribution in [0.4, 0.5) is 13.2 Å². The number of alkyl halides is 4. The summed E-state index contributed by atoms with van der Waals surface area (Å²) in [5, 5.41) is 0. The molecule has 0 amide bonds. The lowest BCUT2D eigenvalue weighted by Crippen LogP contribution is -2.41. The Morgan fingerprint density at radius 1 is 1.44 bits per heavy atom. The van der Waals surface area contributed by atoms with Crippen LogP contribution < -0.4 is 0 Å². The Kier molecular flexibility index (Phi) is 2.76. The summed E-state index contributed by atoms with van der Waals surface area (Å²) < 4.78 is 35.9. The first-order valence-corrected chi connectivity index (χ1v) is 2.66. The molecule has 0 N–H and O–H groups in total. The molecular weight excluding hydrogens is 154 g/mol. The molecule has 0 spiro atoms. The third-order valence-electron chi connectivity index (χ3n) is 0.859. The number of rotatable bonds is 2. The average Bonchev–Trinajstić information content (AvgIpc) is 1.65. The molecule has 0 unspecified atom stereocenters. The molecule has 0 radical (unpaired) electrons. The predicted octanol–water partition coefficient (Wildman–Crippen LogP) is 1.68. The first-order valence-electron chi connectivity index (χ1n) is 2.22. The summed E-state index contributed by atoms with van der Waals surface area (Å²) >= 11 is 4.51. The molecule has 0 aromatic heterocycles. The van der Waals surface area contributed by atoms with Crippen molar-refractivity contribution in [2.45, 2.75) is 11.7 Å². The van der Waals surface area contributed by atoms with Crippen LogP contribution in [0.1, 0.15) is 0 Å². The molecule has 56 valence electrons. The monoisotopic (exact) mass is 161 g/mol. The summed E-state index contributed by atoms with van der Waals surface area (Å²) in [6.07, 6.45) is 0. The van der Waals surface area contributed by atoms with Crippen molar-refractivity contribution in [2.24, 2.45) is 0 Å². The second-order valence-corrected chi connectivity index (χ2v) is 2.17. The first kappa shape index (κ1) is 9.04. The molecule has 1 nitrogen and oxygen atoms in total. The van der Waals surface area contributed by atoms with E-state index in [4.69, 9.17) is 0 Å². The molecule has 0 fully saturated rings. The third kappa shape index (κ3) is 2.02. The number of hydrogen-bond donors (Lipinski definition) is 0. The SMILES string of the molecule is CN(C)C(F)(F)[C@@H](F)Cl. The van der Waals surface area contributed by atoms with Gasteiger partial charge in [0.2, 0.25) is 0 Å². The van der Waals surface area contributed by atoms with Crippen LogP contribution in [0.3, 0.4) is 0 Å². The molecule has 0 saturated carbocycles. The molecule has 0 aromatic rings. The third-order valence-corrected chi connectivity index (χ3v) is 1.12. The van der Waals surface area contributed by atoms with Gasteiger partial charge in [0.25, 0.3) is 5.63 Å². The summed E-state index contributed by atoms with van der Waals surface area (Å²) in [5.41, 5.74) is -2.65. The van der Waals surface area contributed by atoms with E-state index in [1.807, 2.05) is 0 Å². The van der Waals surface area contributed by atoms with Crippen LogP contribution in [0.25, 0.3) is 0 Å². The van der Waals surface area contributed by atoms with Crippen LogP contribution in [-0.2, 0) is 0 Å². The predicted molar refractivity (Wildman–Crippen MR) is 29.4 cm³/mol. The molecule has 0 saturated heterocycles. The van der Waals surface area contributed by atoms with Crippen molar-refractivity contribution in [3.63, 3.8) is 0 Å². The first-order chi connectivity index (χ1) is 3.89. The highest BCUT2D eigenvalue weighted by Gasteiger charge is 2.41. The molecule has 0 heterocycles. The van der Waals surface area contributed by atoms with Crippen LogP contribution >= 0.6 is 11.6 Å². The van der Waals surface area contributed by atoms with E-state index in [2.05, 4.69) is 11.6 Å². The van der Waals surface area contributed by atoms with Gasteiger partial charge in [-0.05, 0) is 14.1 Å². The Balaban J connectivity index is 4.01. The van der Waals surface area contributed by atoms with E-state index in [9.17, 15) is 13.2 Å².